The molecule has 1 atom stereocenters. The molecule has 2 rings (SSSR count). The first kappa shape index (κ1) is 15.9. The van der Waals surface area contributed by atoms with Crippen molar-refractivity contribution in [3.8, 4) is 0 Å². The molecule has 1 unspecified atom stereocenters. The van der Waals surface area contributed by atoms with Gasteiger partial charge in [0.15, 0.2) is 0 Å². The summed E-state index contributed by atoms with van der Waals surface area (Å²) in [5.74, 6) is -1.47. The van der Waals surface area contributed by atoms with Gasteiger partial charge >= 0.3 is 5.97 Å². The molecule has 1 aromatic carbocycles. The smallest absolute Gasteiger partial charge is 0.330 e. The predicted molar refractivity (Wildman–Crippen MR) is 79.4 cm³/mol. The molecule has 0 aromatic heterocycles. The maximum absolute atomic E-state index is 13.7. The lowest BCUT2D eigenvalue weighted by molar-refractivity contribution is -0.134. The van der Waals surface area contributed by atoms with E-state index >= 15 is 0 Å². The van der Waals surface area contributed by atoms with Crippen LogP contribution in [0.4, 0.5) is 8.78 Å². The van der Waals surface area contributed by atoms with Crippen LogP contribution in [-0.2, 0) is 16.1 Å². The Morgan fingerprint density at radius 1 is 1.41 bits per heavy atom. The molecule has 0 aliphatic carbocycles. The molecule has 0 saturated carbocycles. The maximum atomic E-state index is 13.7. The van der Waals surface area contributed by atoms with Gasteiger partial charge in [-0.3, -0.25) is 0 Å². The van der Waals surface area contributed by atoms with Gasteiger partial charge in [0, 0.05) is 42.6 Å². The first-order chi connectivity index (χ1) is 10.5. The van der Waals surface area contributed by atoms with Gasteiger partial charge in [-0.1, -0.05) is 19.1 Å². The van der Waals surface area contributed by atoms with E-state index in [1.54, 1.807) is 11.0 Å². The van der Waals surface area contributed by atoms with Crippen molar-refractivity contribution in [2.24, 2.45) is 5.92 Å². The summed E-state index contributed by atoms with van der Waals surface area (Å²) in [6, 6.07) is 3.53. The minimum atomic E-state index is -0.596. The molecular weight excluding hydrogens is 288 g/mol. The fourth-order valence-electron chi connectivity index (χ4n) is 2.07. The van der Waals surface area contributed by atoms with Crippen LogP contribution in [0.25, 0.3) is 0 Å². The number of halogens is 2. The zero-order chi connectivity index (χ0) is 16.1. The highest BCUT2D eigenvalue weighted by Crippen LogP contribution is 2.22. The van der Waals surface area contributed by atoms with Crippen LogP contribution in [0.1, 0.15) is 12.5 Å². The quantitative estimate of drug-likeness (QED) is 0.629. The lowest BCUT2D eigenvalue weighted by Gasteiger charge is -2.24. The number of nitrogens with zero attached hydrogens (tertiary/aromatic N) is 1. The molecule has 3 nitrogen and oxygen atoms in total. The number of methoxy groups -OCH3 is 1. The van der Waals surface area contributed by atoms with Gasteiger partial charge < -0.3 is 9.64 Å². The van der Waals surface area contributed by atoms with E-state index < -0.39 is 17.6 Å². The summed E-state index contributed by atoms with van der Waals surface area (Å²) in [6.45, 7) is 2.27. The van der Waals surface area contributed by atoms with Gasteiger partial charge in [-0.2, -0.15) is 0 Å². The number of allylic oxidation sites excluding steroid dienone is 3. The van der Waals surface area contributed by atoms with Crippen molar-refractivity contribution >= 4 is 5.97 Å². The molecule has 1 aliphatic heterocycles. The third-order valence-corrected chi connectivity index (χ3v) is 3.39. The van der Waals surface area contributed by atoms with Crippen molar-refractivity contribution in [2.45, 2.75) is 13.5 Å². The molecule has 116 valence electrons. The van der Waals surface area contributed by atoms with E-state index in [1.165, 1.54) is 25.3 Å². The second kappa shape index (κ2) is 7.02. The topological polar surface area (TPSA) is 29.5 Å². The number of esters is 1. The van der Waals surface area contributed by atoms with Crippen LogP contribution in [0.3, 0.4) is 0 Å². The van der Waals surface area contributed by atoms with Crippen molar-refractivity contribution in [1.82, 2.24) is 4.90 Å². The highest BCUT2D eigenvalue weighted by Gasteiger charge is 2.13. The van der Waals surface area contributed by atoms with Crippen LogP contribution in [0, 0.1) is 17.6 Å². The van der Waals surface area contributed by atoms with E-state index in [0.29, 0.717) is 5.56 Å². The van der Waals surface area contributed by atoms with Crippen LogP contribution < -0.4 is 0 Å². The molecule has 0 saturated heterocycles. The van der Waals surface area contributed by atoms with Crippen molar-refractivity contribution < 1.29 is 18.3 Å². The molecule has 0 N–H and O–H groups in total. The molecule has 1 aliphatic rings. The van der Waals surface area contributed by atoms with Gasteiger partial charge in [0.2, 0.25) is 0 Å². The Balaban J connectivity index is 2.14. The fourth-order valence-corrected chi connectivity index (χ4v) is 2.07. The van der Waals surface area contributed by atoms with Gasteiger partial charge in [0.05, 0.1) is 7.11 Å². The predicted octanol–water partition coefficient (Wildman–Crippen LogP) is 3.54. The van der Waals surface area contributed by atoms with Gasteiger partial charge in [-0.15, -0.1) is 0 Å². The van der Waals surface area contributed by atoms with Crippen molar-refractivity contribution in [3.63, 3.8) is 0 Å². The summed E-state index contributed by atoms with van der Waals surface area (Å²) in [5.41, 5.74) is 1.29. The van der Waals surface area contributed by atoms with E-state index in [2.05, 4.69) is 4.74 Å². The lowest BCUT2D eigenvalue weighted by atomic mass is 9.99. The van der Waals surface area contributed by atoms with Gasteiger partial charge in [0.25, 0.3) is 0 Å². The first-order valence-corrected chi connectivity index (χ1v) is 6.85. The van der Waals surface area contributed by atoms with E-state index in [9.17, 15) is 13.6 Å². The summed E-state index contributed by atoms with van der Waals surface area (Å²) in [5, 5.41) is 0. The molecule has 0 radical (unpaired) electrons. The highest BCUT2D eigenvalue weighted by atomic mass is 19.1. The van der Waals surface area contributed by atoms with Gasteiger partial charge in [-0.05, 0) is 17.7 Å². The highest BCUT2D eigenvalue weighted by molar-refractivity contribution is 5.82. The van der Waals surface area contributed by atoms with E-state index in [1.807, 2.05) is 25.4 Å². The van der Waals surface area contributed by atoms with E-state index in [-0.39, 0.29) is 12.5 Å². The maximum Gasteiger partial charge on any atom is 0.330 e. The summed E-state index contributed by atoms with van der Waals surface area (Å²) >= 11 is 0. The third-order valence-electron chi connectivity index (χ3n) is 3.39. The van der Waals surface area contributed by atoms with Crippen LogP contribution in [-0.4, -0.2) is 18.0 Å². The number of hydrogen-bond donors (Lipinski definition) is 0. The Morgan fingerprint density at radius 2 is 2.18 bits per heavy atom. The molecule has 0 fully saturated rings. The summed E-state index contributed by atoms with van der Waals surface area (Å²) < 4.78 is 31.2. The van der Waals surface area contributed by atoms with Crippen molar-refractivity contribution in [2.75, 3.05) is 7.11 Å². The molecule has 0 amide bonds. The minimum absolute atomic E-state index is 0.134. The minimum Gasteiger partial charge on any atom is -0.466 e. The largest absolute Gasteiger partial charge is 0.466 e. The first-order valence-electron chi connectivity index (χ1n) is 6.85. The summed E-state index contributed by atoms with van der Waals surface area (Å²) in [6.07, 6.45) is 8.63. The zero-order valence-electron chi connectivity index (χ0n) is 12.4. The van der Waals surface area contributed by atoms with Gasteiger partial charge in [-0.25, -0.2) is 13.6 Å². The Bertz CT molecular complexity index is 650. The standard InChI is InChI=1S/C17H17F2NO2/c1-12-7-8-20(10-13(12)4-6-17(21)22-2)11-14-3-5-15(18)9-16(14)19/h3-10,12H,11H2,1-2H3/b6-4+. The number of ether oxygens (including phenoxy) is 1. The molecule has 22 heavy (non-hydrogen) atoms. The number of hydrogen-bond acceptors (Lipinski definition) is 3. The molecule has 1 heterocycles. The number of rotatable bonds is 4. The van der Waals surface area contributed by atoms with Crippen LogP contribution >= 0.6 is 0 Å². The fraction of sp³-hybridized carbons (Fsp3) is 0.235. The van der Waals surface area contributed by atoms with Crippen LogP contribution in [0.5, 0.6) is 0 Å². The molecule has 0 spiro atoms. The lowest BCUT2D eigenvalue weighted by Crippen LogP contribution is -2.16. The monoisotopic (exact) mass is 305 g/mol. The molecule has 1 aromatic rings. The summed E-state index contributed by atoms with van der Waals surface area (Å²) in [4.78, 5) is 12.9. The van der Waals surface area contributed by atoms with E-state index in [4.69, 9.17) is 0 Å². The number of carbonyl (C=O) groups excluding carboxylic acids is 1. The normalized spacial score (nSPS) is 17.7. The number of benzene rings is 1. The van der Waals surface area contributed by atoms with Crippen LogP contribution in [0.15, 0.2) is 54.4 Å². The van der Waals surface area contributed by atoms with Crippen molar-refractivity contribution in [3.05, 3.63) is 71.6 Å². The molecule has 0 bridgehead atoms. The average Bonchev–Trinajstić information content (AvgIpc) is 2.50. The summed E-state index contributed by atoms with van der Waals surface area (Å²) in [7, 11) is 1.31. The number of carbonyl (C=O) groups is 1. The average molecular weight is 305 g/mol. The van der Waals surface area contributed by atoms with Crippen molar-refractivity contribution in [1.29, 1.82) is 0 Å². The molecular formula is C17H17F2NO2. The Hall–Kier alpha value is -2.43. The second-order valence-corrected chi connectivity index (χ2v) is 5.02. The van der Waals surface area contributed by atoms with Crippen LogP contribution in [0.2, 0.25) is 0 Å². The van der Waals surface area contributed by atoms with Gasteiger partial charge in [0.1, 0.15) is 11.6 Å². The Kier molecular flexibility index (Phi) is 5.09. The molecule has 5 heteroatoms. The third kappa shape index (κ3) is 4.04. The SMILES string of the molecule is COC(=O)/C=C/C1=CN(Cc2ccc(F)cc2F)C=CC1C. The Morgan fingerprint density at radius 3 is 2.86 bits per heavy atom. The zero-order valence-corrected chi connectivity index (χ0v) is 12.4. The Labute approximate surface area is 128 Å². The second-order valence-electron chi connectivity index (χ2n) is 5.02. The van der Waals surface area contributed by atoms with E-state index in [0.717, 1.165) is 11.6 Å².